The lowest BCUT2D eigenvalue weighted by Crippen LogP contribution is -2.42. The van der Waals surface area contributed by atoms with E-state index in [0.717, 1.165) is 6.54 Å². The van der Waals surface area contributed by atoms with Gasteiger partial charge in [-0.1, -0.05) is 32.6 Å². The fourth-order valence-corrected chi connectivity index (χ4v) is 2.89. The third-order valence-corrected chi connectivity index (χ3v) is 3.70. The van der Waals surface area contributed by atoms with E-state index in [0.29, 0.717) is 6.04 Å². The van der Waals surface area contributed by atoms with Gasteiger partial charge in [0.1, 0.15) is 0 Å². The molecule has 1 unspecified atom stereocenters. The maximum absolute atomic E-state index is 10.8. The molecule has 3 heteroatoms. The van der Waals surface area contributed by atoms with E-state index in [-0.39, 0.29) is 12.5 Å². The van der Waals surface area contributed by atoms with Crippen molar-refractivity contribution in [1.29, 1.82) is 0 Å². The fraction of sp³-hybridized carbons (Fsp3) is 0.923. The highest BCUT2D eigenvalue weighted by Crippen LogP contribution is 2.24. The topological polar surface area (TPSA) is 40.5 Å². The van der Waals surface area contributed by atoms with Crippen molar-refractivity contribution in [2.24, 2.45) is 0 Å². The molecule has 0 spiro atoms. The first-order valence-corrected chi connectivity index (χ1v) is 6.62. The van der Waals surface area contributed by atoms with Crippen molar-refractivity contribution in [2.75, 3.05) is 6.54 Å². The Labute approximate surface area is 98.8 Å². The molecule has 1 fully saturated rings. The number of hydrogen-bond donors (Lipinski definition) is 1. The number of nitrogens with zero attached hydrogens (tertiary/aromatic N) is 1. The van der Waals surface area contributed by atoms with Crippen LogP contribution >= 0.6 is 0 Å². The second-order valence-electron chi connectivity index (χ2n) is 4.92. The molecular formula is C13H25NO2. The second-order valence-corrected chi connectivity index (χ2v) is 4.92. The van der Waals surface area contributed by atoms with Crippen LogP contribution in [0.1, 0.15) is 58.8 Å². The Hall–Kier alpha value is -0.570. The minimum atomic E-state index is -0.681. The predicted molar refractivity (Wildman–Crippen MR) is 65.6 cm³/mol. The first kappa shape index (κ1) is 13.5. The van der Waals surface area contributed by atoms with E-state index in [9.17, 15) is 4.79 Å². The lowest BCUT2D eigenvalue weighted by atomic mass is 10.0. The second kappa shape index (κ2) is 6.89. The van der Waals surface area contributed by atoms with Crippen LogP contribution in [0.2, 0.25) is 0 Å². The summed E-state index contributed by atoms with van der Waals surface area (Å²) in [5.74, 6) is -0.681. The zero-order chi connectivity index (χ0) is 12.0. The number of aliphatic carboxylic acids is 1. The number of carbonyl (C=O) groups is 1. The zero-order valence-corrected chi connectivity index (χ0v) is 10.6. The van der Waals surface area contributed by atoms with Gasteiger partial charge in [-0.15, -0.1) is 0 Å². The van der Waals surface area contributed by atoms with Crippen molar-refractivity contribution in [3.63, 3.8) is 0 Å². The first-order valence-electron chi connectivity index (χ1n) is 6.62. The van der Waals surface area contributed by atoms with Crippen molar-refractivity contribution < 1.29 is 9.90 Å². The van der Waals surface area contributed by atoms with E-state index >= 15 is 0 Å². The van der Waals surface area contributed by atoms with Crippen molar-refractivity contribution in [2.45, 2.75) is 70.9 Å². The summed E-state index contributed by atoms with van der Waals surface area (Å²) in [5, 5.41) is 8.86. The number of carboxylic acids is 1. The van der Waals surface area contributed by atoms with Gasteiger partial charge in [0.25, 0.3) is 0 Å². The van der Waals surface area contributed by atoms with E-state index in [1.807, 2.05) is 6.92 Å². The van der Waals surface area contributed by atoms with Crippen molar-refractivity contribution in [1.82, 2.24) is 4.90 Å². The molecule has 0 aromatic heterocycles. The molecule has 0 aromatic carbocycles. The van der Waals surface area contributed by atoms with Crippen molar-refractivity contribution in [3.05, 3.63) is 0 Å². The third kappa shape index (κ3) is 4.12. The summed E-state index contributed by atoms with van der Waals surface area (Å²) in [6.07, 6.45) is 8.07. The number of carboxylic acid groups (broad SMARTS) is 1. The monoisotopic (exact) mass is 227 g/mol. The summed E-state index contributed by atoms with van der Waals surface area (Å²) in [4.78, 5) is 13.1. The lowest BCUT2D eigenvalue weighted by Gasteiger charge is -2.34. The largest absolute Gasteiger partial charge is 0.481 e. The zero-order valence-electron chi connectivity index (χ0n) is 10.6. The van der Waals surface area contributed by atoms with Crippen LogP contribution in [0.5, 0.6) is 0 Å². The first-order chi connectivity index (χ1) is 7.65. The van der Waals surface area contributed by atoms with E-state index in [1.54, 1.807) is 0 Å². The Kier molecular flexibility index (Phi) is 5.81. The molecule has 1 saturated carbocycles. The summed E-state index contributed by atoms with van der Waals surface area (Å²) in [7, 11) is 0. The minimum absolute atomic E-state index is 0.172. The van der Waals surface area contributed by atoms with Gasteiger partial charge in [0.15, 0.2) is 0 Å². The van der Waals surface area contributed by atoms with Gasteiger partial charge in [0, 0.05) is 12.1 Å². The molecule has 1 aliphatic carbocycles. The SMILES string of the molecule is CCN(C(C)CC(=O)O)C1CCCCCC1. The Morgan fingerprint density at radius 3 is 2.31 bits per heavy atom. The highest BCUT2D eigenvalue weighted by molar-refractivity contribution is 5.67. The molecule has 1 rings (SSSR count). The van der Waals surface area contributed by atoms with E-state index in [2.05, 4.69) is 11.8 Å². The van der Waals surface area contributed by atoms with Crippen molar-refractivity contribution in [3.8, 4) is 0 Å². The Morgan fingerprint density at radius 2 is 1.88 bits per heavy atom. The molecule has 0 amide bonds. The van der Waals surface area contributed by atoms with Gasteiger partial charge in [-0.3, -0.25) is 9.69 Å². The minimum Gasteiger partial charge on any atom is -0.481 e. The Bertz CT molecular complexity index is 210. The van der Waals surface area contributed by atoms with Gasteiger partial charge < -0.3 is 5.11 Å². The summed E-state index contributed by atoms with van der Waals surface area (Å²) in [5.41, 5.74) is 0. The van der Waals surface area contributed by atoms with E-state index in [4.69, 9.17) is 5.11 Å². The third-order valence-electron chi connectivity index (χ3n) is 3.70. The van der Waals surface area contributed by atoms with Crippen LogP contribution in [0.4, 0.5) is 0 Å². The molecular weight excluding hydrogens is 202 g/mol. The average Bonchev–Trinajstić information content (AvgIpc) is 2.46. The molecule has 0 radical (unpaired) electrons. The molecule has 3 nitrogen and oxygen atoms in total. The molecule has 0 aromatic rings. The van der Waals surface area contributed by atoms with Gasteiger partial charge in [0.2, 0.25) is 0 Å². The summed E-state index contributed by atoms with van der Waals surface area (Å²) < 4.78 is 0. The van der Waals surface area contributed by atoms with Crippen LogP contribution in [-0.4, -0.2) is 34.6 Å². The van der Waals surface area contributed by atoms with Crippen LogP contribution in [0.15, 0.2) is 0 Å². The maximum atomic E-state index is 10.8. The molecule has 16 heavy (non-hydrogen) atoms. The van der Waals surface area contributed by atoms with Gasteiger partial charge >= 0.3 is 5.97 Å². The average molecular weight is 227 g/mol. The highest BCUT2D eigenvalue weighted by atomic mass is 16.4. The molecule has 1 atom stereocenters. The summed E-state index contributed by atoms with van der Waals surface area (Å²) >= 11 is 0. The molecule has 1 aliphatic rings. The quantitative estimate of drug-likeness (QED) is 0.734. The van der Waals surface area contributed by atoms with Crippen LogP contribution in [-0.2, 0) is 4.79 Å². The summed E-state index contributed by atoms with van der Waals surface area (Å²) in [6, 6.07) is 0.785. The highest BCUT2D eigenvalue weighted by Gasteiger charge is 2.24. The fourth-order valence-electron chi connectivity index (χ4n) is 2.89. The van der Waals surface area contributed by atoms with Crippen molar-refractivity contribution >= 4 is 5.97 Å². The molecule has 0 saturated heterocycles. The van der Waals surface area contributed by atoms with Crippen LogP contribution in [0.3, 0.4) is 0 Å². The van der Waals surface area contributed by atoms with Crippen LogP contribution in [0.25, 0.3) is 0 Å². The Balaban J connectivity index is 2.53. The van der Waals surface area contributed by atoms with Crippen LogP contribution < -0.4 is 0 Å². The smallest absolute Gasteiger partial charge is 0.304 e. The predicted octanol–water partition coefficient (Wildman–Crippen LogP) is 2.89. The summed E-state index contributed by atoms with van der Waals surface area (Å²) in [6.45, 7) is 5.16. The molecule has 0 heterocycles. The molecule has 1 N–H and O–H groups in total. The van der Waals surface area contributed by atoms with Crippen LogP contribution in [0, 0.1) is 0 Å². The lowest BCUT2D eigenvalue weighted by molar-refractivity contribution is -0.138. The normalized spacial score (nSPS) is 20.7. The molecule has 0 aliphatic heterocycles. The number of hydrogen-bond acceptors (Lipinski definition) is 2. The van der Waals surface area contributed by atoms with E-state index < -0.39 is 5.97 Å². The van der Waals surface area contributed by atoms with Gasteiger partial charge in [-0.25, -0.2) is 0 Å². The molecule has 0 bridgehead atoms. The Morgan fingerprint density at radius 1 is 1.31 bits per heavy atom. The number of rotatable bonds is 5. The van der Waals surface area contributed by atoms with Gasteiger partial charge in [0.05, 0.1) is 6.42 Å². The van der Waals surface area contributed by atoms with E-state index in [1.165, 1.54) is 38.5 Å². The molecule has 94 valence electrons. The maximum Gasteiger partial charge on any atom is 0.304 e. The standard InChI is InChI=1S/C13H25NO2/c1-3-14(11(2)10-13(15)16)12-8-6-4-5-7-9-12/h11-12H,3-10H2,1-2H3,(H,15,16). The van der Waals surface area contributed by atoms with Gasteiger partial charge in [-0.2, -0.15) is 0 Å². The van der Waals surface area contributed by atoms with Gasteiger partial charge in [-0.05, 0) is 26.3 Å².